The van der Waals surface area contributed by atoms with E-state index < -0.39 is 47.6 Å². The molecule has 3 atom stereocenters. The number of nitrogens with one attached hydrogen (secondary N) is 2. The molecule has 1 aromatic rings. The highest BCUT2D eigenvalue weighted by molar-refractivity contribution is 6.32. The molecular weight excluding hydrogens is 442 g/mol. The number of nitrogens with zero attached hydrogens (tertiary/aromatic N) is 1. The number of amides is 3. The first kappa shape index (κ1) is 23.4. The predicted octanol–water partition coefficient (Wildman–Crippen LogP) is 1.98. The van der Waals surface area contributed by atoms with Crippen LogP contribution in [0.15, 0.2) is 35.0 Å². The number of aromatic hydroxyl groups is 1. The van der Waals surface area contributed by atoms with Gasteiger partial charge in [-0.1, -0.05) is 23.7 Å². The maximum absolute atomic E-state index is 13.1. The molecule has 0 radical (unpaired) electrons. The highest BCUT2D eigenvalue weighted by Gasteiger charge is 2.53. The van der Waals surface area contributed by atoms with E-state index in [9.17, 15) is 29.4 Å². The van der Waals surface area contributed by atoms with E-state index in [4.69, 9.17) is 16.3 Å². The number of carbonyl (C=O) groups excluding carboxylic acids is 3. The van der Waals surface area contributed by atoms with Crippen molar-refractivity contribution in [3.8, 4) is 5.75 Å². The fraction of sp³-hybridized carbons (Fsp3) is 0.429. The fourth-order valence-corrected chi connectivity index (χ4v) is 3.93. The monoisotopic (exact) mass is 465 g/mol. The largest absolute Gasteiger partial charge is 0.508 e. The highest BCUT2D eigenvalue weighted by Crippen LogP contribution is 2.38. The molecule has 1 unspecified atom stereocenters. The van der Waals surface area contributed by atoms with Crippen molar-refractivity contribution in [3.05, 3.63) is 40.6 Å². The predicted molar refractivity (Wildman–Crippen MR) is 113 cm³/mol. The topological polar surface area (TPSA) is 145 Å². The van der Waals surface area contributed by atoms with Gasteiger partial charge in [-0.3, -0.25) is 14.5 Å². The van der Waals surface area contributed by atoms with Gasteiger partial charge in [-0.2, -0.15) is 0 Å². The number of rotatable bonds is 5. The molecule has 0 saturated carbocycles. The van der Waals surface area contributed by atoms with Crippen molar-refractivity contribution < 1.29 is 34.1 Å². The number of alkyl carbamates (subject to hydrolysis) is 1. The highest BCUT2D eigenvalue weighted by atomic mass is 35.5. The Morgan fingerprint density at radius 3 is 2.41 bits per heavy atom. The molecular formula is C21H24ClN3O7. The van der Waals surface area contributed by atoms with Gasteiger partial charge in [0.1, 0.15) is 29.1 Å². The Morgan fingerprint density at radius 2 is 1.84 bits per heavy atom. The van der Waals surface area contributed by atoms with Gasteiger partial charge >= 0.3 is 12.1 Å². The molecule has 3 amide bonds. The Balaban J connectivity index is 1.79. The first-order valence-electron chi connectivity index (χ1n) is 9.93. The lowest BCUT2D eigenvalue weighted by Crippen LogP contribution is -2.72. The molecule has 0 bridgehead atoms. The minimum atomic E-state index is -1.31. The molecule has 172 valence electrons. The van der Waals surface area contributed by atoms with Gasteiger partial charge in [0.05, 0.1) is 6.04 Å². The van der Waals surface area contributed by atoms with Crippen molar-refractivity contribution in [1.29, 1.82) is 0 Å². The molecule has 0 aliphatic carbocycles. The lowest BCUT2D eigenvalue weighted by Gasteiger charge is -2.49. The number of carboxylic acids is 1. The maximum atomic E-state index is 13.1. The Morgan fingerprint density at radius 1 is 1.22 bits per heavy atom. The number of carbonyl (C=O) groups is 4. The number of ether oxygens (including phenoxy) is 1. The number of hydrogen-bond acceptors (Lipinski definition) is 6. The van der Waals surface area contributed by atoms with Crippen molar-refractivity contribution >= 4 is 35.5 Å². The molecule has 1 fully saturated rings. The van der Waals surface area contributed by atoms with Gasteiger partial charge in [-0.05, 0) is 51.3 Å². The second-order valence-corrected chi connectivity index (χ2v) is 8.99. The number of allylic oxidation sites excluding steroid dienone is 1. The van der Waals surface area contributed by atoms with Gasteiger partial charge in [0, 0.05) is 5.03 Å². The fourth-order valence-electron chi connectivity index (χ4n) is 3.65. The van der Waals surface area contributed by atoms with Crippen LogP contribution in [-0.4, -0.2) is 56.7 Å². The van der Waals surface area contributed by atoms with Crippen LogP contribution in [0, 0.1) is 0 Å². The number of β-lactam (4-membered cyclic amide) rings is 1. The van der Waals surface area contributed by atoms with Gasteiger partial charge < -0.3 is 25.6 Å². The minimum Gasteiger partial charge on any atom is -0.508 e. The van der Waals surface area contributed by atoms with E-state index >= 15 is 0 Å². The average Bonchev–Trinajstić information content (AvgIpc) is 2.69. The number of carboxylic acid groups (broad SMARTS) is 1. The van der Waals surface area contributed by atoms with Crippen LogP contribution in [0.5, 0.6) is 5.75 Å². The summed E-state index contributed by atoms with van der Waals surface area (Å²) in [5.41, 5.74) is -0.723. The summed E-state index contributed by atoms with van der Waals surface area (Å²) in [4.78, 5) is 50.5. The van der Waals surface area contributed by atoms with Crippen molar-refractivity contribution in [2.24, 2.45) is 0 Å². The quantitative estimate of drug-likeness (QED) is 0.486. The summed E-state index contributed by atoms with van der Waals surface area (Å²) >= 11 is 5.98. The number of aliphatic carboxylic acids is 1. The van der Waals surface area contributed by atoms with Gasteiger partial charge in [-0.15, -0.1) is 0 Å². The molecule has 1 saturated heterocycles. The molecule has 0 aromatic heterocycles. The average molecular weight is 466 g/mol. The molecule has 4 N–H and O–H groups in total. The van der Waals surface area contributed by atoms with Crippen molar-refractivity contribution in [1.82, 2.24) is 15.5 Å². The van der Waals surface area contributed by atoms with E-state index in [1.54, 1.807) is 20.8 Å². The summed E-state index contributed by atoms with van der Waals surface area (Å²) in [6, 6.07) is 2.90. The van der Waals surface area contributed by atoms with Crippen LogP contribution in [0.2, 0.25) is 0 Å². The SMILES string of the molecule is CC(C)(C)OC(=O)NC(C(=O)N[C@@H]1C(=O)N2C(C(=O)O)=C(Cl)CC[C@@H]12)c1ccc(O)cc1. The van der Waals surface area contributed by atoms with Crippen LogP contribution in [0.4, 0.5) is 4.79 Å². The first-order chi connectivity index (χ1) is 14.9. The van der Waals surface area contributed by atoms with Gasteiger partial charge in [-0.25, -0.2) is 9.59 Å². The molecule has 1 aromatic carbocycles. The van der Waals surface area contributed by atoms with Crippen LogP contribution >= 0.6 is 11.6 Å². The molecule has 10 nitrogen and oxygen atoms in total. The number of halogens is 1. The molecule has 0 spiro atoms. The molecule has 2 aliphatic heterocycles. The van der Waals surface area contributed by atoms with E-state index in [1.165, 1.54) is 24.3 Å². The summed E-state index contributed by atoms with van der Waals surface area (Å²) in [7, 11) is 0. The number of fused-ring (bicyclic) bond motifs is 1. The summed E-state index contributed by atoms with van der Waals surface area (Å²) in [6.45, 7) is 5.02. The third kappa shape index (κ3) is 4.80. The summed E-state index contributed by atoms with van der Waals surface area (Å²) in [6.07, 6.45) is -0.190. The Hall–Kier alpha value is -3.27. The standard InChI is InChI=1S/C21H24ClN3O7/c1-21(2,3)32-20(31)24-14(10-4-6-11(26)7-5-10)17(27)23-15-13-9-8-12(22)16(19(29)30)25(13)18(15)28/h4-7,13-15,26H,8-9H2,1-3H3,(H,23,27)(H,24,31)(H,29,30)/t13-,14?,15-/m0/s1. The number of benzene rings is 1. The third-order valence-corrected chi connectivity index (χ3v) is 5.40. The molecule has 2 heterocycles. The van der Waals surface area contributed by atoms with Crippen molar-refractivity contribution in [3.63, 3.8) is 0 Å². The zero-order valence-electron chi connectivity index (χ0n) is 17.7. The van der Waals surface area contributed by atoms with Crippen LogP contribution in [0.3, 0.4) is 0 Å². The van der Waals surface area contributed by atoms with Gasteiger partial charge in [0.15, 0.2) is 0 Å². The lowest BCUT2D eigenvalue weighted by molar-refractivity contribution is -0.156. The number of phenols is 1. The summed E-state index contributed by atoms with van der Waals surface area (Å²) in [5.74, 6) is -2.62. The third-order valence-electron chi connectivity index (χ3n) is 5.03. The molecule has 11 heteroatoms. The minimum absolute atomic E-state index is 0.0259. The van der Waals surface area contributed by atoms with Crippen LogP contribution in [0.1, 0.15) is 45.2 Å². The Bertz CT molecular complexity index is 984. The van der Waals surface area contributed by atoms with E-state index in [0.717, 1.165) is 4.90 Å². The first-order valence-corrected chi connectivity index (χ1v) is 10.3. The molecule has 3 rings (SSSR count). The van der Waals surface area contributed by atoms with Crippen molar-refractivity contribution in [2.75, 3.05) is 0 Å². The Labute approximate surface area is 189 Å². The van der Waals surface area contributed by atoms with Crippen LogP contribution in [-0.2, 0) is 19.1 Å². The number of hydrogen-bond donors (Lipinski definition) is 4. The van der Waals surface area contributed by atoms with E-state index in [2.05, 4.69) is 10.6 Å². The van der Waals surface area contributed by atoms with E-state index in [1.807, 2.05) is 0 Å². The zero-order chi connectivity index (χ0) is 23.8. The van der Waals surface area contributed by atoms with E-state index in [0.29, 0.717) is 12.0 Å². The van der Waals surface area contributed by atoms with E-state index in [-0.39, 0.29) is 22.9 Å². The normalized spacial score (nSPS) is 21.2. The summed E-state index contributed by atoms with van der Waals surface area (Å²) in [5, 5.41) is 24.1. The Kier molecular flexibility index (Phi) is 6.36. The van der Waals surface area contributed by atoms with Gasteiger partial charge in [0.25, 0.3) is 5.91 Å². The summed E-state index contributed by atoms with van der Waals surface area (Å²) < 4.78 is 5.23. The molecule has 2 aliphatic rings. The van der Waals surface area contributed by atoms with Gasteiger partial charge in [0.2, 0.25) is 5.91 Å². The molecule has 32 heavy (non-hydrogen) atoms. The van der Waals surface area contributed by atoms with Crippen LogP contribution < -0.4 is 10.6 Å². The maximum Gasteiger partial charge on any atom is 0.408 e. The smallest absolute Gasteiger partial charge is 0.408 e. The lowest BCUT2D eigenvalue weighted by atomic mass is 9.86. The second kappa shape index (κ2) is 8.70. The zero-order valence-corrected chi connectivity index (χ0v) is 18.5. The van der Waals surface area contributed by atoms with Crippen molar-refractivity contribution in [2.45, 2.75) is 57.3 Å². The number of phenolic OH excluding ortho intramolecular Hbond substituents is 1. The van der Waals surface area contributed by atoms with Crippen LogP contribution in [0.25, 0.3) is 0 Å². The second-order valence-electron chi connectivity index (χ2n) is 8.53.